The molecule has 7 heteroatoms. The van der Waals surface area contributed by atoms with Crippen LogP contribution in [0.1, 0.15) is 27.8 Å². The Bertz CT molecular complexity index is 1000. The van der Waals surface area contributed by atoms with Gasteiger partial charge in [0.25, 0.3) is 5.91 Å². The average Bonchev–Trinajstić information content (AvgIpc) is 3.25. The van der Waals surface area contributed by atoms with Gasteiger partial charge in [-0.25, -0.2) is 4.98 Å². The number of ketones is 1. The summed E-state index contributed by atoms with van der Waals surface area (Å²) in [6, 6.07) is 14.1. The molecular formula is C22H21N3O4. The molecule has 0 radical (unpaired) electrons. The van der Waals surface area contributed by atoms with E-state index < -0.39 is 0 Å². The van der Waals surface area contributed by atoms with Crippen molar-refractivity contribution in [3.8, 4) is 11.3 Å². The molecule has 1 fully saturated rings. The number of hydrogen-bond acceptors (Lipinski definition) is 6. The van der Waals surface area contributed by atoms with Crippen molar-refractivity contribution in [3.63, 3.8) is 0 Å². The first-order chi connectivity index (χ1) is 14.1. The first-order valence-electron chi connectivity index (χ1n) is 9.41. The zero-order valence-electron chi connectivity index (χ0n) is 16.1. The van der Waals surface area contributed by atoms with Crippen LogP contribution in [-0.4, -0.2) is 43.0 Å². The van der Waals surface area contributed by atoms with Crippen molar-refractivity contribution in [1.82, 2.24) is 4.98 Å². The Morgan fingerprint density at radius 3 is 2.41 bits per heavy atom. The molecule has 0 spiro atoms. The van der Waals surface area contributed by atoms with Crippen molar-refractivity contribution >= 4 is 23.2 Å². The molecule has 1 saturated heterocycles. The number of aromatic nitrogens is 1. The lowest BCUT2D eigenvalue weighted by Crippen LogP contribution is -2.36. The third-order valence-electron chi connectivity index (χ3n) is 4.75. The lowest BCUT2D eigenvalue weighted by molar-refractivity contribution is 0.0994. The molecule has 7 nitrogen and oxygen atoms in total. The van der Waals surface area contributed by atoms with Gasteiger partial charge < -0.3 is 19.4 Å². The van der Waals surface area contributed by atoms with Crippen molar-refractivity contribution in [2.24, 2.45) is 0 Å². The summed E-state index contributed by atoms with van der Waals surface area (Å²) in [6.45, 7) is 4.52. The Labute approximate surface area is 168 Å². The van der Waals surface area contributed by atoms with Gasteiger partial charge >= 0.3 is 0 Å². The summed E-state index contributed by atoms with van der Waals surface area (Å²) in [7, 11) is 0. The van der Waals surface area contributed by atoms with E-state index in [0.29, 0.717) is 30.2 Å². The van der Waals surface area contributed by atoms with Gasteiger partial charge in [-0.05, 0) is 31.2 Å². The number of morpholine rings is 1. The highest BCUT2D eigenvalue weighted by Gasteiger charge is 2.15. The van der Waals surface area contributed by atoms with Crippen LogP contribution in [-0.2, 0) is 4.74 Å². The van der Waals surface area contributed by atoms with Crippen LogP contribution in [0, 0.1) is 0 Å². The molecule has 0 unspecified atom stereocenters. The first kappa shape index (κ1) is 18.9. The highest BCUT2D eigenvalue weighted by Crippen LogP contribution is 2.24. The molecule has 1 aliphatic rings. The number of carbonyl (C=O) groups is 2. The summed E-state index contributed by atoms with van der Waals surface area (Å²) in [5.41, 5.74) is 2.02. The minimum absolute atomic E-state index is 0.00399. The molecule has 29 heavy (non-hydrogen) atoms. The standard InChI is InChI=1S/C22H21N3O4/c1-15(26)16-2-4-17(5-3-16)19-7-8-20(29-19)22(27)24-18-6-9-21(23-14-18)25-10-12-28-13-11-25/h2-9,14H,10-13H2,1H3,(H,24,27). The maximum absolute atomic E-state index is 12.5. The van der Waals surface area contributed by atoms with Gasteiger partial charge in [-0.2, -0.15) is 0 Å². The second-order valence-corrected chi connectivity index (χ2v) is 6.76. The van der Waals surface area contributed by atoms with Crippen LogP contribution in [0.5, 0.6) is 0 Å². The van der Waals surface area contributed by atoms with E-state index in [1.54, 1.807) is 42.6 Å². The van der Waals surface area contributed by atoms with Crippen molar-refractivity contribution in [1.29, 1.82) is 0 Å². The third kappa shape index (κ3) is 4.35. The Balaban J connectivity index is 1.42. The summed E-state index contributed by atoms with van der Waals surface area (Å²) < 4.78 is 11.0. The van der Waals surface area contributed by atoms with Gasteiger partial charge in [-0.3, -0.25) is 9.59 Å². The highest BCUT2D eigenvalue weighted by atomic mass is 16.5. The van der Waals surface area contributed by atoms with E-state index >= 15 is 0 Å². The molecule has 2 aromatic heterocycles. The molecule has 3 heterocycles. The number of pyridine rings is 1. The molecule has 4 rings (SSSR count). The SMILES string of the molecule is CC(=O)c1ccc(-c2ccc(C(=O)Nc3ccc(N4CCOCC4)nc3)o2)cc1. The molecule has 3 aromatic rings. The summed E-state index contributed by atoms with van der Waals surface area (Å²) in [4.78, 5) is 30.4. The van der Waals surface area contributed by atoms with Gasteiger partial charge in [-0.15, -0.1) is 0 Å². The molecule has 148 valence electrons. The van der Waals surface area contributed by atoms with Crippen LogP contribution in [0.2, 0.25) is 0 Å². The van der Waals surface area contributed by atoms with E-state index in [1.807, 2.05) is 12.1 Å². The van der Waals surface area contributed by atoms with E-state index in [4.69, 9.17) is 9.15 Å². The van der Waals surface area contributed by atoms with Gasteiger partial charge in [-0.1, -0.05) is 24.3 Å². The normalized spacial score (nSPS) is 13.9. The number of rotatable bonds is 5. The fraction of sp³-hybridized carbons (Fsp3) is 0.227. The van der Waals surface area contributed by atoms with Crippen molar-refractivity contribution in [2.45, 2.75) is 6.92 Å². The van der Waals surface area contributed by atoms with Gasteiger partial charge in [0.15, 0.2) is 11.5 Å². The zero-order valence-corrected chi connectivity index (χ0v) is 16.1. The monoisotopic (exact) mass is 391 g/mol. The Kier molecular flexibility index (Phi) is 5.39. The van der Waals surface area contributed by atoms with Crippen LogP contribution in [0.25, 0.3) is 11.3 Å². The predicted octanol–water partition coefficient (Wildman–Crippen LogP) is 3.63. The summed E-state index contributed by atoms with van der Waals surface area (Å²) >= 11 is 0. The van der Waals surface area contributed by atoms with E-state index in [0.717, 1.165) is 24.5 Å². The predicted molar refractivity (Wildman–Crippen MR) is 109 cm³/mol. The Morgan fingerprint density at radius 1 is 1.00 bits per heavy atom. The van der Waals surface area contributed by atoms with Crippen LogP contribution in [0.4, 0.5) is 11.5 Å². The number of ether oxygens (including phenoxy) is 1. The number of amides is 1. The molecule has 0 bridgehead atoms. The molecular weight excluding hydrogens is 370 g/mol. The van der Waals surface area contributed by atoms with E-state index in [2.05, 4.69) is 15.2 Å². The lowest BCUT2D eigenvalue weighted by Gasteiger charge is -2.27. The zero-order chi connectivity index (χ0) is 20.2. The molecule has 1 N–H and O–H groups in total. The van der Waals surface area contributed by atoms with Crippen molar-refractivity contribution in [3.05, 3.63) is 66.1 Å². The number of Topliss-reactive ketones (excluding diaryl/α,β-unsaturated/α-hetero) is 1. The molecule has 0 atom stereocenters. The lowest BCUT2D eigenvalue weighted by atomic mass is 10.1. The maximum atomic E-state index is 12.5. The quantitative estimate of drug-likeness (QED) is 0.669. The van der Waals surface area contributed by atoms with Gasteiger partial charge in [0.1, 0.15) is 11.6 Å². The Hall–Kier alpha value is -3.45. The van der Waals surface area contributed by atoms with Crippen LogP contribution >= 0.6 is 0 Å². The number of furan rings is 1. The topological polar surface area (TPSA) is 84.7 Å². The third-order valence-corrected chi connectivity index (χ3v) is 4.75. The number of anilines is 2. The molecule has 0 saturated carbocycles. The van der Waals surface area contributed by atoms with Crippen molar-refractivity contribution < 1.29 is 18.7 Å². The van der Waals surface area contributed by atoms with Crippen molar-refractivity contribution in [2.75, 3.05) is 36.5 Å². The van der Waals surface area contributed by atoms with Crippen LogP contribution in [0.15, 0.2) is 59.1 Å². The average molecular weight is 391 g/mol. The summed E-state index contributed by atoms with van der Waals surface area (Å²) in [5.74, 6) is 1.28. The summed E-state index contributed by atoms with van der Waals surface area (Å²) in [6.07, 6.45) is 1.63. The highest BCUT2D eigenvalue weighted by molar-refractivity contribution is 6.02. The number of hydrogen-bond donors (Lipinski definition) is 1. The largest absolute Gasteiger partial charge is 0.451 e. The number of carbonyl (C=O) groups excluding carboxylic acids is 2. The number of nitrogens with one attached hydrogen (secondary N) is 1. The minimum atomic E-state index is -0.350. The maximum Gasteiger partial charge on any atom is 0.291 e. The molecule has 1 aromatic carbocycles. The first-order valence-corrected chi connectivity index (χ1v) is 9.41. The van der Waals surface area contributed by atoms with Crippen LogP contribution < -0.4 is 10.2 Å². The Morgan fingerprint density at radius 2 is 1.76 bits per heavy atom. The number of nitrogens with zero attached hydrogens (tertiary/aromatic N) is 2. The second kappa shape index (κ2) is 8.28. The van der Waals surface area contributed by atoms with E-state index in [-0.39, 0.29) is 17.5 Å². The van der Waals surface area contributed by atoms with E-state index in [1.165, 1.54) is 6.92 Å². The smallest absolute Gasteiger partial charge is 0.291 e. The number of benzene rings is 1. The van der Waals surface area contributed by atoms with Crippen LogP contribution in [0.3, 0.4) is 0 Å². The summed E-state index contributed by atoms with van der Waals surface area (Å²) in [5, 5.41) is 2.79. The van der Waals surface area contributed by atoms with Gasteiger partial charge in [0.2, 0.25) is 0 Å². The minimum Gasteiger partial charge on any atom is -0.451 e. The molecule has 1 amide bonds. The molecule has 0 aliphatic carbocycles. The van der Waals surface area contributed by atoms with Gasteiger partial charge in [0.05, 0.1) is 25.1 Å². The second-order valence-electron chi connectivity index (χ2n) is 6.76. The van der Waals surface area contributed by atoms with E-state index in [9.17, 15) is 9.59 Å². The van der Waals surface area contributed by atoms with Gasteiger partial charge in [0, 0.05) is 24.2 Å². The molecule has 1 aliphatic heterocycles. The fourth-order valence-corrected chi connectivity index (χ4v) is 3.12. The fourth-order valence-electron chi connectivity index (χ4n) is 3.12.